The number of carbonyl (C=O) groups is 1. The lowest BCUT2D eigenvalue weighted by Crippen LogP contribution is -2.34. The first-order valence-electron chi connectivity index (χ1n) is 6.26. The van der Waals surface area contributed by atoms with Gasteiger partial charge in [-0.25, -0.2) is 0 Å². The molecule has 2 aromatic carbocycles. The van der Waals surface area contributed by atoms with Crippen molar-refractivity contribution in [2.75, 3.05) is 5.32 Å². The molecule has 2 rings (SSSR count). The van der Waals surface area contributed by atoms with E-state index in [1.54, 1.807) is 30.3 Å². The Kier molecular flexibility index (Phi) is 4.00. The Labute approximate surface area is 123 Å². The van der Waals surface area contributed by atoms with Crippen LogP contribution in [0.2, 0.25) is 5.02 Å². The molecule has 0 spiro atoms. The van der Waals surface area contributed by atoms with Gasteiger partial charge in [0.1, 0.15) is 5.75 Å². The summed E-state index contributed by atoms with van der Waals surface area (Å²) in [4.78, 5) is 12.4. The average Bonchev–Trinajstić information content (AvgIpc) is 2.38. The number of phenols is 1. The number of nitrogens with one attached hydrogen (secondary N) is 1. The molecule has 3 nitrogen and oxygen atoms in total. The van der Waals surface area contributed by atoms with Crippen LogP contribution in [0.3, 0.4) is 0 Å². The van der Waals surface area contributed by atoms with Gasteiger partial charge in [-0.3, -0.25) is 4.79 Å². The lowest BCUT2D eigenvalue weighted by molar-refractivity contribution is -0.120. The molecule has 0 aliphatic heterocycles. The lowest BCUT2D eigenvalue weighted by atomic mass is 9.83. The Balaban J connectivity index is 2.23. The Morgan fingerprint density at radius 1 is 1.15 bits per heavy atom. The van der Waals surface area contributed by atoms with E-state index in [1.165, 1.54) is 6.07 Å². The van der Waals surface area contributed by atoms with E-state index < -0.39 is 5.41 Å². The summed E-state index contributed by atoms with van der Waals surface area (Å²) in [7, 11) is 0. The van der Waals surface area contributed by atoms with E-state index in [1.807, 2.05) is 26.0 Å². The zero-order chi connectivity index (χ0) is 14.8. The zero-order valence-electron chi connectivity index (χ0n) is 11.4. The molecule has 0 heterocycles. The highest BCUT2D eigenvalue weighted by atomic mass is 35.5. The van der Waals surface area contributed by atoms with E-state index in [0.29, 0.717) is 10.7 Å². The van der Waals surface area contributed by atoms with E-state index in [9.17, 15) is 9.90 Å². The minimum absolute atomic E-state index is 0.114. The van der Waals surface area contributed by atoms with Crippen LogP contribution in [0.5, 0.6) is 5.75 Å². The predicted octanol–water partition coefficient (Wildman–Crippen LogP) is 3.96. The number of carbonyl (C=O) groups excluding carboxylic acids is 1. The topological polar surface area (TPSA) is 49.3 Å². The van der Waals surface area contributed by atoms with Crippen molar-refractivity contribution in [2.24, 2.45) is 0 Å². The van der Waals surface area contributed by atoms with Gasteiger partial charge in [0.15, 0.2) is 0 Å². The fourth-order valence-electron chi connectivity index (χ4n) is 1.88. The van der Waals surface area contributed by atoms with Gasteiger partial charge >= 0.3 is 0 Å². The predicted molar refractivity (Wildman–Crippen MR) is 81.2 cm³/mol. The molecule has 0 fully saturated rings. The summed E-state index contributed by atoms with van der Waals surface area (Å²) in [5.74, 6) is -0.0475. The van der Waals surface area contributed by atoms with E-state index in [4.69, 9.17) is 11.6 Å². The van der Waals surface area contributed by atoms with Crippen molar-refractivity contribution >= 4 is 23.2 Å². The maximum Gasteiger partial charge on any atom is 0.234 e. The van der Waals surface area contributed by atoms with Crippen LogP contribution < -0.4 is 5.32 Å². The monoisotopic (exact) mass is 289 g/mol. The summed E-state index contributed by atoms with van der Waals surface area (Å²) in [6, 6.07) is 13.7. The highest BCUT2D eigenvalue weighted by Crippen LogP contribution is 2.27. The third kappa shape index (κ3) is 3.11. The highest BCUT2D eigenvalue weighted by molar-refractivity contribution is 6.30. The summed E-state index contributed by atoms with van der Waals surface area (Å²) in [5, 5.41) is 12.8. The van der Waals surface area contributed by atoms with Gasteiger partial charge in [-0.15, -0.1) is 0 Å². The Bertz CT molecular complexity index is 638. The van der Waals surface area contributed by atoms with Gasteiger partial charge in [0.2, 0.25) is 5.91 Å². The number of halogens is 1. The van der Waals surface area contributed by atoms with Crippen molar-refractivity contribution < 1.29 is 9.90 Å². The molecule has 4 heteroatoms. The number of amides is 1. The van der Waals surface area contributed by atoms with Gasteiger partial charge in [0, 0.05) is 16.8 Å². The first-order chi connectivity index (χ1) is 9.39. The van der Waals surface area contributed by atoms with Crippen LogP contribution >= 0.6 is 11.6 Å². The Morgan fingerprint density at radius 3 is 2.50 bits per heavy atom. The fraction of sp³-hybridized carbons (Fsp3) is 0.188. The Morgan fingerprint density at radius 2 is 1.85 bits per heavy atom. The van der Waals surface area contributed by atoms with Gasteiger partial charge in [-0.2, -0.15) is 0 Å². The van der Waals surface area contributed by atoms with Gasteiger partial charge < -0.3 is 10.4 Å². The number of rotatable bonds is 3. The van der Waals surface area contributed by atoms with Crippen LogP contribution in [0.25, 0.3) is 0 Å². The van der Waals surface area contributed by atoms with Crippen LogP contribution in [0.15, 0.2) is 48.5 Å². The number of anilines is 1. The zero-order valence-corrected chi connectivity index (χ0v) is 12.1. The molecule has 0 bridgehead atoms. The number of hydrogen-bond donors (Lipinski definition) is 2. The molecule has 0 unspecified atom stereocenters. The molecule has 1 amide bonds. The van der Waals surface area contributed by atoms with E-state index >= 15 is 0 Å². The first-order valence-corrected chi connectivity index (χ1v) is 6.64. The van der Waals surface area contributed by atoms with E-state index in [0.717, 1.165) is 5.56 Å². The normalized spacial score (nSPS) is 11.2. The second kappa shape index (κ2) is 5.55. The number of phenolic OH excluding ortho intramolecular Hbond substituents is 1. The second-order valence-electron chi connectivity index (χ2n) is 5.14. The minimum Gasteiger partial charge on any atom is -0.508 e. The molecular weight excluding hydrogens is 274 g/mol. The smallest absolute Gasteiger partial charge is 0.234 e. The highest BCUT2D eigenvalue weighted by Gasteiger charge is 2.30. The molecule has 0 saturated heterocycles. The van der Waals surface area contributed by atoms with Crippen molar-refractivity contribution in [3.63, 3.8) is 0 Å². The molecule has 2 N–H and O–H groups in total. The van der Waals surface area contributed by atoms with Crippen molar-refractivity contribution in [2.45, 2.75) is 19.3 Å². The molecule has 0 atom stereocenters. The van der Waals surface area contributed by atoms with Crippen LogP contribution in [0, 0.1) is 0 Å². The largest absolute Gasteiger partial charge is 0.508 e. The van der Waals surface area contributed by atoms with E-state index in [-0.39, 0.29) is 11.7 Å². The number of hydrogen-bond acceptors (Lipinski definition) is 2. The van der Waals surface area contributed by atoms with Crippen molar-refractivity contribution in [1.82, 2.24) is 0 Å². The summed E-state index contributed by atoms with van der Waals surface area (Å²) in [6.45, 7) is 3.66. The third-order valence-corrected chi connectivity index (χ3v) is 3.45. The maximum atomic E-state index is 12.4. The fourth-order valence-corrected chi connectivity index (χ4v) is 2.07. The van der Waals surface area contributed by atoms with Gasteiger partial charge in [-0.1, -0.05) is 29.8 Å². The van der Waals surface area contributed by atoms with Gasteiger partial charge in [0.05, 0.1) is 5.41 Å². The summed E-state index contributed by atoms with van der Waals surface area (Å²) in [5.41, 5.74) is 0.670. The average molecular weight is 290 g/mol. The first kappa shape index (κ1) is 14.4. The van der Waals surface area contributed by atoms with Crippen LogP contribution in [0.1, 0.15) is 19.4 Å². The number of benzene rings is 2. The maximum absolute atomic E-state index is 12.4. The SMILES string of the molecule is CC(C)(C(=O)Nc1cccc(O)c1)c1cccc(Cl)c1. The molecule has 0 aliphatic carbocycles. The quantitative estimate of drug-likeness (QED) is 0.898. The van der Waals surface area contributed by atoms with Crippen molar-refractivity contribution in [3.8, 4) is 5.75 Å². The van der Waals surface area contributed by atoms with Crippen LogP contribution in [-0.4, -0.2) is 11.0 Å². The molecule has 2 aromatic rings. The molecule has 104 valence electrons. The molecular formula is C16H16ClNO2. The van der Waals surface area contributed by atoms with Gasteiger partial charge in [-0.05, 0) is 43.7 Å². The lowest BCUT2D eigenvalue weighted by Gasteiger charge is -2.24. The van der Waals surface area contributed by atoms with Crippen LogP contribution in [-0.2, 0) is 10.2 Å². The molecule has 0 aliphatic rings. The summed E-state index contributed by atoms with van der Waals surface area (Å²) < 4.78 is 0. The Hall–Kier alpha value is -2.00. The third-order valence-electron chi connectivity index (χ3n) is 3.22. The van der Waals surface area contributed by atoms with Crippen LogP contribution in [0.4, 0.5) is 5.69 Å². The molecule has 0 saturated carbocycles. The van der Waals surface area contributed by atoms with Crippen molar-refractivity contribution in [3.05, 3.63) is 59.1 Å². The summed E-state index contributed by atoms with van der Waals surface area (Å²) >= 11 is 5.97. The molecule has 0 aromatic heterocycles. The van der Waals surface area contributed by atoms with Gasteiger partial charge in [0.25, 0.3) is 0 Å². The second-order valence-corrected chi connectivity index (χ2v) is 5.58. The summed E-state index contributed by atoms with van der Waals surface area (Å²) in [6.07, 6.45) is 0. The van der Waals surface area contributed by atoms with E-state index in [2.05, 4.69) is 5.32 Å². The molecule has 20 heavy (non-hydrogen) atoms. The van der Waals surface area contributed by atoms with Crippen molar-refractivity contribution in [1.29, 1.82) is 0 Å². The minimum atomic E-state index is -0.726. The standard InChI is InChI=1S/C16H16ClNO2/c1-16(2,11-5-3-6-12(17)9-11)15(20)18-13-7-4-8-14(19)10-13/h3-10,19H,1-2H3,(H,18,20). The molecule has 0 radical (unpaired) electrons. The number of aromatic hydroxyl groups is 1.